The third-order valence-corrected chi connectivity index (χ3v) is 7.54. The predicted molar refractivity (Wildman–Crippen MR) is 90.1 cm³/mol. The molecule has 2 heterocycles. The molecule has 0 bridgehead atoms. The Morgan fingerprint density at radius 2 is 2.05 bits per heavy atom. The standard InChI is InChI=1S/C15H25N3OS2/c1-3-16-12-7-5-4-6-11(12)15-17-14(18-19-15)13-10(2)20-8-9-21-13/h10-13,16H,3-9H2,1-2H3. The lowest BCUT2D eigenvalue weighted by Gasteiger charge is -2.29. The monoisotopic (exact) mass is 327 g/mol. The van der Waals surface area contributed by atoms with Gasteiger partial charge < -0.3 is 9.84 Å². The molecule has 0 spiro atoms. The van der Waals surface area contributed by atoms with Gasteiger partial charge in [-0.25, -0.2) is 0 Å². The van der Waals surface area contributed by atoms with Gasteiger partial charge in [0.2, 0.25) is 5.89 Å². The van der Waals surface area contributed by atoms with Crippen LogP contribution in [0.1, 0.15) is 62.4 Å². The van der Waals surface area contributed by atoms with Crippen molar-refractivity contribution in [1.82, 2.24) is 15.5 Å². The molecule has 0 radical (unpaired) electrons. The number of aromatic nitrogens is 2. The van der Waals surface area contributed by atoms with Crippen LogP contribution in [0.25, 0.3) is 0 Å². The van der Waals surface area contributed by atoms with E-state index >= 15 is 0 Å². The molecule has 0 aromatic carbocycles. The van der Waals surface area contributed by atoms with E-state index in [-0.39, 0.29) is 0 Å². The Morgan fingerprint density at radius 1 is 1.24 bits per heavy atom. The van der Waals surface area contributed by atoms with Crippen molar-refractivity contribution < 1.29 is 4.52 Å². The lowest BCUT2D eigenvalue weighted by atomic mass is 9.84. The lowest BCUT2D eigenvalue weighted by Crippen LogP contribution is -2.37. The number of thioether (sulfide) groups is 2. The van der Waals surface area contributed by atoms with E-state index in [2.05, 4.69) is 24.3 Å². The molecule has 2 aliphatic rings. The van der Waals surface area contributed by atoms with Gasteiger partial charge in [-0.05, 0) is 19.4 Å². The molecule has 1 aliphatic carbocycles. The van der Waals surface area contributed by atoms with Gasteiger partial charge in [0, 0.05) is 22.8 Å². The first kappa shape index (κ1) is 15.7. The summed E-state index contributed by atoms with van der Waals surface area (Å²) in [6.45, 7) is 5.45. The van der Waals surface area contributed by atoms with Crippen LogP contribution in [0.4, 0.5) is 0 Å². The molecule has 3 rings (SSSR count). The summed E-state index contributed by atoms with van der Waals surface area (Å²) in [6, 6.07) is 0.503. The zero-order valence-electron chi connectivity index (χ0n) is 12.9. The Labute approximate surface area is 135 Å². The van der Waals surface area contributed by atoms with Gasteiger partial charge in [-0.2, -0.15) is 16.7 Å². The third-order valence-electron chi connectivity index (χ3n) is 4.45. The minimum atomic E-state index is 0.391. The Morgan fingerprint density at radius 3 is 2.86 bits per heavy atom. The highest BCUT2D eigenvalue weighted by Gasteiger charge is 2.33. The Balaban J connectivity index is 1.73. The molecule has 1 aromatic heterocycles. The van der Waals surface area contributed by atoms with Gasteiger partial charge in [-0.1, -0.05) is 31.8 Å². The minimum absolute atomic E-state index is 0.391. The van der Waals surface area contributed by atoms with E-state index in [4.69, 9.17) is 9.51 Å². The van der Waals surface area contributed by atoms with E-state index in [1.807, 2.05) is 23.5 Å². The predicted octanol–water partition coefficient (Wildman–Crippen LogP) is 3.61. The quantitative estimate of drug-likeness (QED) is 0.911. The van der Waals surface area contributed by atoms with Crippen molar-refractivity contribution in [2.45, 2.75) is 62.0 Å². The molecule has 4 unspecified atom stereocenters. The number of hydrogen-bond acceptors (Lipinski definition) is 6. The number of hydrogen-bond donors (Lipinski definition) is 1. The average Bonchev–Trinajstić information content (AvgIpc) is 2.98. The Kier molecular flexibility index (Phi) is 5.51. The van der Waals surface area contributed by atoms with Crippen molar-refractivity contribution in [3.8, 4) is 0 Å². The second kappa shape index (κ2) is 7.38. The van der Waals surface area contributed by atoms with E-state index in [1.54, 1.807) is 0 Å². The smallest absolute Gasteiger partial charge is 0.231 e. The first-order valence-corrected chi connectivity index (χ1v) is 10.2. The molecular formula is C15H25N3OS2. The van der Waals surface area contributed by atoms with E-state index in [9.17, 15) is 0 Å². The minimum Gasteiger partial charge on any atom is -0.339 e. The highest BCUT2D eigenvalue weighted by Crippen LogP contribution is 2.42. The molecule has 4 atom stereocenters. The maximum Gasteiger partial charge on any atom is 0.231 e. The van der Waals surface area contributed by atoms with Crippen molar-refractivity contribution in [3.63, 3.8) is 0 Å². The molecular weight excluding hydrogens is 302 g/mol. The van der Waals surface area contributed by atoms with Crippen LogP contribution < -0.4 is 5.32 Å². The summed E-state index contributed by atoms with van der Waals surface area (Å²) in [5.41, 5.74) is 0. The van der Waals surface area contributed by atoms with Crippen LogP contribution in [0.15, 0.2) is 4.52 Å². The number of rotatable bonds is 4. The summed E-state index contributed by atoms with van der Waals surface area (Å²) in [6.07, 6.45) is 4.97. The molecule has 1 aliphatic heterocycles. The molecule has 2 fully saturated rings. The maximum absolute atomic E-state index is 5.66. The van der Waals surface area contributed by atoms with Crippen LogP contribution in [-0.2, 0) is 0 Å². The van der Waals surface area contributed by atoms with Crippen LogP contribution in [0.2, 0.25) is 0 Å². The van der Waals surface area contributed by atoms with Crippen LogP contribution in [0.5, 0.6) is 0 Å². The van der Waals surface area contributed by atoms with Gasteiger partial charge >= 0.3 is 0 Å². The van der Waals surface area contributed by atoms with Crippen molar-refractivity contribution in [2.24, 2.45) is 0 Å². The zero-order valence-corrected chi connectivity index (χ0v) is 14.5. The van der Waals surface area contributed by atoms with Crippen LogP contribution in [0, 0.1) is 0 Å². The van der Waals surface area contributed by atoms with Crippen molar-refractivity contribution >= 4 is 23.5 Å². The summed E-state index contributed by atoms with van der Waals surface area (Å²) in [5, 5.41) is 8.87. The van der Waals surface area contributed by atoms with Crippen LogP contribution in [-0.4, -0.2) is 39.5 Å². The molecule has 118 valence electrons. The molecule has 4 nitrogen and oxygen atoms in total. The summed E-state index contributed by atoms with van der Waals surface area (Å²) in [5.74, 6) is 4.59. The maximum atomic E-state index is 5.66. The van der Waals surface area contributed by atoms with Gasteiger partial charge in [0.25, 0.3) is 0 Å². The largest absolute Gasteiger partial charge is 0.339 e. The Hall–Kier alpha value is -0.200. The first-order valence-electron chi connectivity index (χ1n) is 8.09. The molecule has 1 saturated heterocycles. The number of likely N-dealkylation sites (N-methyl/N-ethyl adjacent to an activating group) is 1. The van der Waals surface area contributed by atoms with Gasteiger partial charge in [-0.3, -0.25) is 0 Å². The highest BCUT2D eigenvalue weighted by molar-refractivity contribution is 8.06. The summed E-state index contributed by atoms with van der Waals surface area (Å²) in [4.78, 5) is 4.79. The number of nitrogens with zero attached hydrogens (tertiary/aromatic N) is 2. The van der Waals surface area contributed by atoms with Gasteiger partial charge in [0.05, 0.1) is 11.2 Å². The second-order valence-corrected chi connectivity index (χ2v) is 8.65. The first-order chi connectivity index (χ1) is 10.3. The van der Waals surface area contributed by atoms with Gasteiger partial charge in [0.15, 0.2) is 5.82 Å². The second-order valence-electron chi connectivity index (χ2n) is 5.91. The third kappa shape index (κ3) is 3.59. The van der Waals surface area contributed by atoms with Crippen molar-refractivity contribution in [2.75, 3.05) is 18.1 Å². The SMILES string of the molecule is CCNC1CCCCC1c1nc(C2SCCSC2C)no1. The summed E-state index contributed by atoms with van der Waals surface area (Å²) in [7, 11) is 0. The van der Waals surface area contributed by atoms with Crippen molar-refractivity contribution in [3.05, 3.63) is 11.7 Å². The van der Waals surface area contributed by atoms with E-state index in [0.717, 1.165) is 18.3 Å². The lowest BCUT2D eigenvalue weighted by molar-refractivity contribution is 0.264. The molecule has 6 heteroatoms. The molecule has 0 amide bonds. The Bertz CT molecular complexity index is 452. The van der Waals surface area contributed by atoms with Crippen molar-refractivity contribution in [1.29, 1.82) is 0 Å². The van der Waals surface area contributed by atoms with E-state index in [0.29, 0.717) is 22.5 Å². The van der Waals surface area contributed by atoms with E-state index < -0.39 is 0 Å². The molecule has 1 aromatic rings. The fourth-order valence-corrected chi connectivity index (χ4v) is 6.04. The summed E-state index contributed by atoms with van der Waals surface area (Å²) >= 11 is 3.99. The summed E-state index contributed by atoms with van der Waals surface area (Å²) < 4.78 is 5.66. The zero-order chi connectivity index (χ0) is 14.7. The fourth-order valence-electron chi connectivity index (χ4n) is 3.36. The van der Waals surface area contributed by atoms with Crippen LogP contribution >= 0.6 is 23.5 Å². The number of nitrogens with one attached hydrogen (secondary N) is 1. The van der Waals surface area contributed by atoms with Gasteiger partial charge in [-0.15, -0.1) is 11.8 Å². The highest BCUT2D eigenvalue weighted by atomic mass is 32.2. The fraction of sp³-hybridized carbons (Fsp3) is 0.867. The molecule has 21 heavy (non-hydrogen) atoms. The molecule has 1 saturated carbocycles. The topological polar surface area (TPSA) is 51.0 Å². The van der Waals surface area contributed by atoms with Gasteiger partial charge in [0.1, 0.15) is 0 Å². The molecule has 1 N–H and O–H groups in total. The van der Waals surface area contributed by atoms with E-state index in [1.165, 1.54) is 37.2 Å². The van der Waals surface area contributed by atoms with Crippen LogP contribution in [0.3, 0.4) is 0 Å². The normalized spacial score (nSPS) is 34.0. The average molecular weight is 328 g/mol.